The number of nitrogens with one attached hydrogen (secondary N) is 1. The van der Waals surface area contributed by atoms with Gasteiger partial charge in [-0.1, -0.05) is 17.7 Å². The molecule has 0 unspecified atom stereocenters. The number of ether oxygens (including phenoxy) is 2. The van der Waals surface area contributed by atoms with Crippen LogP contribution in [-0.2, 0) is 14.8 Å². The van der Waals surface area contributed by atoms with Crippen molar-refractivity contribution in [1.82, 2.24) is 4.31 Å². The second-order valence-electron chi connectivity index (χ2n) is 7.99. The van der Waals surface area contributed by atoms with Crippen LogP contribution in [0.4, 0.5) is 5.69 Å². The smallest absolute Gasteiger partial charge is 0.243 e. The van der Waals surface area contributed by atoms with Crippen molar-refractivity contribution in [3.8, 4) is 11.5 Å². The van der Waals surface area contributed by atoms with Gasteiger partial charge in [-0.25, -0.2) is 8.42 Å². The van der Waals surface area contributed by atoms with Crippen molar-refractivity contribution in [2.24, 2.45) is 5.92 Å². The summed E-state index contributed by atoms with van der Waals surface area (Å²) in [5.74, 6) is 0.420. The van der Waals surface area contributed by atoms with E-state index in [0.717, 1.165) is 16.7 Å². The third kappa shape index (κ3) is 4.85. The number of sulfonamides is 1. The minimum absolute atomic E-state index is 0.146. The van der Waals surface area contributed by atoms with Gasteiger partial charge in [-0.05, 0) is 56.9 Å². The summed E-state index contributed by atoms with van der Waals surface area (Å²) < 4.78 is 38.8. The van der Waals surface area contributed by atoms with E-state index in [0.29, 0.717) is 41.5 Å². The molecule has 1 amide bonds. The molecular formula is C23H30N2O5S. The van der Waals surface area contributed by atoms with Crippen LogP contribution in [0.25, 0.3) is 0 Å². The lowest BCUT2D eigenvalue weighted by atomic mass is 9.98. The molecule has 3 rings (SSSR count). The molecule has 1 aliphatic rings. The predicted molar refractivity (Wildman–Crippen MR) is 120 cm³/mol. The molecule has 1 N–H and O–H groups in total. The summed E-state index contributed by atoms with van der Waals surface area (Å²) >= 11 is 0. The number of carbonyl (C=O) groups excluding carboxylic acids is 1. The summed E-state index contributed by atoms with van der Waals surface area (Å²) in [5.41, 5.74) is 2.98. The Morgan fingerprint density at radius 1 is 1.06 bits per heavy atom. The van der Waals surface area contributed by atoms with Gasteiger partial charge in [0.1, 0.15) is 11.5 Å². The van der Waals surface area contributed by atoms with Gasteiger partial charge < -0.3 is 14.8 Å². The average Bonchev–Trinajstić information content (AvgIpc) is 2.72. The van der Waals surface area contributed by atoms with Gasteiger partial charge in [0.25, 0.3) is 0 Å². The number of piperidine rings is 1. The van der Waals surface area contributed by atoms with E-state index in [2.05, 4.69) is 5.32 Å². The standard InChI is InChI=1S/C23H30N2O5S/c1-15-11-16(2)22(17(3)12-15)31(27,28)25-10-6-7-18(14-25)23(26)24-20-13-19(29-4)8-9-21(20)30-5/h8-9,11-13,18H,6-7,10,14H2,1-5H3,(H,24,26)/t18-/m1/s1. The second-order valence-corrected chi connectivity index (χ2v) is 9.86. The number of aryl methyl sites for hydroxylation is 3. The summed E-state index contributed by atoms with van der Waals surface area (Å²) in [5, 5.41) is 2.88. The van der Waals surface area contributed by atoms with E-state index in [9.17, 15) is 13.2 Å². The van der Waals surface area contributed by atoms with Crippen molar-refractivity contribution in [3.05, 3.63) is 47.0 Å². The van der Waals surface area contributed by atoms with Crippen LogP contribution in [0.5, 0.6) is 11.5 Å². The van der Waals surface area contributed by atoms with E-state index in [4.69, 9.17) is 9.47 Å². The van der Waals surface area contributed by atoms with Gasteiger partial charge in [0.15, 0.2) is 0 Å². The van der Waals surface area contributed by atoms with Gasteiger partial charge in [-0.2, -0.15) is 4.31 Å². The Bertz CT molecular complexity index is 1060. The molecule has 7 nitrogen and oxygen atoms in total. The molecule has 1 heterocycles. The van der Waals surface area contributed by atoms with Gasteiger partial charge in [-0.15, -0.1) is 0 Å². The summed E-state index contributed by atoms with van der Waals surface area (Å²) in [6.45, 7) is 6.13. The Balaban J connectivity index is 1.82. The minimum atomic E-state index is -3.69. The van der Waals surface area contributed by atoms with Crippen LogP contribution in [-0.4, -0.2) is 45.9 Å². The van der Waals surface area contributed by atoms with E-state index in [1.165, 1.54) is 11.4 Å². The summed E-state index contributed by atoms with van der Waals surface area (Å²) in [6.07, 6.45) is 1.24. The fourth-order valence-corrected chi connectivity index (χ4v) is 6.16. The number of anilines is 1. The Labute approximate surface area is 184 Å². The van der Waals surface area contributed by atoms with E-state index < -0.39 is 15.9 Å². The van der Waals surface area contributed by atoms with Crippen LogP contribution in [0.3, 0.4) is 0 Å². The lowest BCUT2D eigenvalue weighted by Gasteiger charge is -2.32. The first-order chi connectivity index (χ1) is 14.7. The lowest BCUT2D eigenvalue weighted by molar-refractivity contribution is -0.120. The predicted octanol–water partition coefficient (Wildman–Crippen LogP) is 3.67. The first-order valence-corrected chi connectivity index (χ1v) is 11.7. The molecular weight excluding hydrogens is 416 g/mol. The molecule has 0 aromatic heterocycles. The third-order valence-corrected chi connectivity index (χ3v) is 7.79. The van der Waals surface area contributed by atoms with Crippen molar-refractivity contribution in [1.29, 1.82) is 0 Å². The first kappa shape index (κ1) is 23.1. The monoisotopic (exact) mass is 446 g/mol. The molecule has 0 spiro atoms. The Morgan fingerprint density at radius 2 is 1.74 bits per heavy atom. The quantitative estimate of drug-likeness (QED) is 0.732. The zero-order chi connectivity index (χ0) is 22.8. The van der Waals surface area contributed by atoms with Gasteiger partial charge in [-0.3, -0.25) is 4.79 Å². The molecule has 1 atom stereocenters. The minimum Gasteiger partial charge on any atom is -0.497 e. The Kier molecular flexibility index (Phi) is 6.91. The maximum atomic E-state index is 13.4. The highest BCUT2D eigenvalue weighted by Gasteiger charge is 2.35. The fraction of sp³-hybridized carbons (Fsp3) is 0.435. The van der Waals surface area contributed by atoms with Crippen LogP contribution in [0, 0.1) is 26.7 Å². The second kappa shape index (κ2) is 9.28. The van der Waals surface area contributed by atoms with Gasteiger partial charge in [0, 0.05) is 19.2 Å². The van der Waals surface area contributed by atoms with Crippen molar-refractivity contribution in [2.45, 2.75) is 38.5 Å². The molecule has 0 aliphatic carbocycles. The number of hydrogen-bond donors (Lipinski definition) is 1. The van der Waals surface area contributed by atoms with Gasteiger partial charge in [0.05, 0.1) is 30.7 Å². The van der Waals surface area contributed by atoms with Crippen LogP contribution < -0.4 is 14.8 Å². The van der Waals surface area contributed by atoms with E-state index in [1.54, 1.807) is 25.3 Å². The molecule has 0 saturated carbocycles. The molecule has 1 fully saturated rings. The first-order valence-electron chi connectivity index (χ1n) is 10.3. The van der Waals surface area contributed by atoms with Crippen molar-refractivity contribution in [2.75, 3.05) is 32.6 Å². The van der Waals surface area contributed by atoms with Crippen molar-refractivity contribution < 1.29 is 22.7 Å². The maximum absolute atomic E-state index is 13.4. The highest BCUT2D eigenvalue weighted by molar-refractivity contribution is 7.89. The summed E-state index contributed by atoms with van der Waals surface area (Å²) in [7, 11) is -0.620. The lowest BCUT2D eigenvalue weighted by Crippen LogP contribution is -2.44. The normalized spacial score (nSPS) is 17.3. The highest BCUT2D eigenvalue weighted by Crippen LogP contribution is 2.32. The third-order valence-electron chi connectivity index (χ3n) is 5.62. The number of nitrogens with zero attached hydrogens (tertiary/aromatic N) is 1. The molecule has 0 bridgehead atoms. The number of carbonyl (C=O) groups is 1. The number of hydrogen-bond acceptors (Lipinski definition) is 5. The fourth-order valence-electron chi connectivity index (χ4n) is 4.22. The highest BCUT2D eigenvalue weighted by atomic mass is 32.2. The largest absolute Gasteiger partial charge is 0.497 e. The molecule has 1 saturated heterocycles. The van der Waals surface area contributed by atoms with Crippen LogP contribution in [0.15, 0.2) is 35.2 Å². The zero-order valence-electron chi connectivity index (χ0n) is 18.7. The van der Waals surface area contributed by atoms with Gasteiger partial charge >= 0.3 is 0 Å². The van der Waals surface area contributed by atoms with Crippen LogP contribution >= 0.6 is 0 Å². The molecule has 31 heavy (non-hydrogen) atoms. The van der Waals surface area contributed by atoms with Crippen LogP contribution in [0.1, 0.15) is 29.5 Å². The van der Waals surface area contributed by atoms with Crippen LogP contribution in [0.2, 0.25) is 0 Å². The molecule has 0 radical (unpaired) electrons. The average molecular weight is 447 g/mol. The number of benzene rings is 2. The maximum Gasteiger partial charge on any atom is 0.243 e. The van der Waals surface area contributed by atoms with E-state index in [1.807, 2.05) is 32.9 Å². The molecule has 168 valence electrons. The Morgan fingerprint density at radius 3 is 2.35 bits per heavy atom. The number of rotatable bonds is 6. The zero-order valence-corrected chi connectivity index (χ0v) is 19.5. The van der Waals surface area contributed by atoms with Gasteiger partial charge in [0.2, 0.25) is 15.9 Å². The van der Waals surface area contributed by atoms with E-state index >= 15 is 0 Å². The summed E-state index contributed by atoms with van der Waals surface area (Å²) in [4.78, 5) is 13.3. The number of methoxy groups -OCH3 is 2. The molecule has 2 aromatic rings. The van der Waals surface area contributed by atoms with Crippen molar-refractivity contribution >= 4 is 21.6 Å². The number of amides is 1. The SMILES string of the molecule is COc1ccc(OC)c(NC(=O)[C@@H]2CCCN(S(=O)(=O)c3c(C)cc(C)cc3C)C2)c1. The molecule has 2 aromatic carbocycles. The molecule has 1 aliphatic heterocycles. The van der Waals surface area contributed by atoms with Crippen molar-refractivity contribution in [3.63, 3.8) is 0 Å². The Hall–Kier alpha value is -2.58. The molecule has 8 heteroatoms. The van der Waals surface area contributed by atoms with E-state index in [-0.39, 0.29) is 12.5 Å². The summed E-state index contributed by atoms with van der Waals surface area (Å²) in [6, 6.07) is 8.91. The topological polar surface area (TPSA) is 84.9 Å².